The van der Waals surface area contributed by atoms with Crippen LogP contribution in [-0.4, -0.2) is 23.2 Å². The van der Waals surface area contributed by atoms with Crippen molar-refractivity contribution in [3.63, 3.8) is 0 Å². The maximum Gasteiger partial charge on any atom is 0.180 e. The van der Waals surface area contributed by atoms with Crippen molar-refractivity contribution in [2.24, 2.45) is 15.9 Å². The van der Waals surface area contributed by atoms with Crippen LogP contribution in [0.3, 0.4) is 0 Å². The van der Waals surface area contributed by atoms with Gasteiger partial charge in [0.05, 0.1) is 12.3 Å². The molecule has 1 aromatic rings. The van der Waals surface area contributed by atoms with E-state index in [4.69, 9.17) is 10.5 Å². The van der Waals surface area contributed by atoms with Crippen LogP contribution in [0.1, 0.15) is 24.8 Å². The molecular weight excluding hydrogens is 338 g/mol. The average molecular weight is 356 g/mol. The molecule has 0 amide bonds. The molecule has 1 aromatic carbocycles. The Bertz CT molecular complexity index is 488. The zero-order chi connectivity index (χ0) is 14.2. The largest absolute Gasteiger partial charge is 0.377 e. The lowest BCUT2D eigenvalue weighted by Crippen LogP contribution is -2.15. The van der Waals surface area contributed by atoms with Crippen LogP contribution in [0.25, 0.3) is 0 Å². The Labute approximate surface area is 132 Å². The van der Waals surface area contributed by atoms with Crippen LogP contribution in [0.5, 0.6) is 0 Å². The van der Waals surface area contributed by atoms with E-state index in [0.29, 0.717) is 11.8 Å². The maximum absolute atomic E-state index is 5.66. The highest BCUT2D eigenvalue weighted by molar-refractivity contribution is 9.10. The number of nitrogens with zero attached hydrogens (tertiary/aromatic N) is 2. The molecule has 2 N–H and O–H groups in total. The molecule has 0 unspecified atom stereocenters. The third-order valence-electron chi connectivity index (χ3n) is 2.86. The Kier molecular flexibility index (Phi) is 6.56. The van der Waals surface area contributed by atoms with Crippen LogP contribution in [0.15, 0.2) is 38.9 Å². The molecule has 0 saturated carbocycles. The lowest BCUT2D eigenvalue weighted by atomic mass is 10.2. The molecule has 6 heteroatoms. The summed E-state index contributed by atoms with van der Waals surface area (Å²) >= 11 is 4.97. The Morgan fingerprint density at radius 1 is 1.20 bits per heavy atom. The standard InChI is InChI=1S/C14H18BrN3OS/c15-12-6-4-11(5-7-12)9-19-8-2-1-3-13-10-20-14(16)18-17-13/h4-7H,1-3,8-10H2,(H2,16,18). The minimum absolute atomic E-state index is 0.562. The van der Waals surface area contributed by atoms with Gasteiger partial charge in [-0.2, -0.15) is 5.10 Å². The second-order valence-corrected chi connectivity index (χ2v) is 6.44. The number of unbranched alkanes of at least 4 members (excludes halogenated alkanes) is 1. The number of halogens is 1. The summed E-state index contributed by atoms with van der Waals surface area (Å²) in [6, 6.07) is 8.20. The van der Waals surface area contributed by atoms with E-state index in [1.54, 1.807) is 11.8 Å². The summed E-state index contributed by atoms with van der Waals surface area (Å²) in [5.74, 6) is 0.870. The average Bonchev–Trinajstić information content (AvgIpc) is 2.46. The van der Waals surface area contributed by atoms with E-state index in [9.17, 15) is 0 Å². The molecular formula is C14H18BrN3OS. The van der Waals surface area contributed by atoms with Gasteiger partial charge in [0.25, 0.3) is 0 Å². The van der Waals surface area contributed by atoms with Gasteiger partial charge < -0.3 is 10.5 Å². The SMILES string of the molecule is NC1=NN=C(CCCCOCc2ccc(Br)cc2)CS1. The lowest BCUT2D eigenvalue weighted by molar-refractivity contribution is 0.117. The minimum atomic E-state index is 0.562. The van der Waals surface area contributed by atoms with Crippen LogP contribution in [-0.2, 0) is 11.3 Å². The zero-order valence-corrected chi connectivity index (χ0v) is 13.6. The fourth-order valence-corrected chi connectivity index (χ4v) is 2.64. The van der Waals surface area contributed by atoms with Crippen molar-refractivity contribution >= 4 is 38.6 Å². The van der Waals surface area contributed by atoms with Crippen LogP contribution < -0.4 is 5.73 Å². The highest BCUT2D eigenvalue weighted by atomic mass is 79.9. The predicted molar refractivity (Wildman–Crippen MR) is 89.2 cm³/mol. The van der Waals surface area contributed by atoms with Gasteiger partial charge in [-0.05, 0) is 37.0 Å². The van der Waals surface area contributed by atoms with E-state index in [0.717, 1.165) is 41.8 Å². The predicted octanol–water partition coefficient (Wildman–Crippen LogP) is 3.55. The molecule has 0 atom stereocenters. The van der Waals surface area contributed by atoms with Gasteiger partial charge in [-0.15, -0.1) is 5.10 Å². The molecule has 1 aliphatic rings. The molecule has 0 fully saturated rings. The monoisotopic (exact) mass is 355 g/mol. The van der Waals surface area contributed by atoms with Crippen LogP contribution in [0.4, 0.5) is 0 Å². The van der Waals surface area contributed by atoms with Gasteiger partial charge in [-0.3, -0.25) is 0 Å². The van der Waals surface area contributed by atoms with Crippen molar-refractivity contribution in [1.82, 2.24) is 0 Å². The summed E-state index contributed by atoms with van der Waals surface area (Å²) in [6.45, 7) is 1.45. The second kappa shape index (κ2) is 8.44. The second-order valence-electron chi connectivity index (χ2n) is 4.53. The first-order valence-electron chi connectivity index (χ1n) is 6.58. The van der Waals surface area contributed by atoms with Crippen molar-refractivity contribution < 1.29 is 4.74 Å². The molecule has 0 bridgehead atoms. The van der Waals surface area contributed by atoms with Crippen molar-refractivity contribution in [2.45, 2.75) is 25.9 Å². The van der Waals surface area contributed by atoms with E-state index < -0.39 is 0 Å². The lowest BCUT2D eigenvalue weighted by Gasteiger charge is -2.09. The maximum atomic E-state index is 5.66. The van der Waals surface area contributed by atoms with Gasteiger partial charge in [-0.25, -0.2) is 0 Å². The number of rotatable bonds is 7. The van der Waals surface area contributed by atoms with Gasteiger partial charge in [0.2, 0.25) is 0 Å². The normalized spacial score (nSPS) is 14.8. The summed E-state index contributed by atoms with van der Waals surface area (Å²) in [6.07, 6.45) is 3.10. The van der Waals surface area contributed by atoms with Crippen LogP contribution in [0, 0.1) is 0 Å². The zero-order valence-electron chi connectivity index (χ0n) is 11.2. The summed E-state index contributed by atoms with van der Waals surface area (Å²) in [4.78, 5) is 0. The molecule has 2 rings (SSSR count). The highest BCUT2D eigenvalue weighted by Gasteiger charge is 2.07. The smallest absolute Gasteiger partial charge is 0.180 e. The molecule has 0 aliphatic carbocycles. The number of amidine groups is 1. The van der Waals surface area contributed by atoms with Gasteiger partial charge in [-0.1, -0.05) is 39.8 Å². The highest BCUT2D eigenvalue weighted by Crippen LogP contribution is 2.13. The first-order valence-corrected chi connectivity index (χ1v) is 8.36. The quantitative estimate of drug-likeness (QED) is 0.760. The summed E-state index contributed by atoms with van der Waals surface area (Å²) in [5.41, 5.74) is 7.86. The van der Waals surface area contributed by atoms with Crippen molar-refractivity contribution in [3.8, 4) is 0 Å². The molecule has 20 heavy (non-hydrogen) atoms. The molecule has 0 radical (unpaired) electrons. The van der Waals surface area contributed by atoms with Crippen molar-refractivity contribution in [1.29, 1.82) is 0 Å². The van der Waals surface area contributed by atoms with E-state index in [-0.39, 0.29) is 0 Å². The Morgan fingerprint density at radius 3 is 2.70 bits per heavy atom. The summed E-state index contributed by atoms with van der Waals surface area (Å²) in [7, 11) is 0. The van der Waals surface area contributed by atoms with E-state index in [1.165, 1.54) is 5.56 Å². The van der Waals surface area contributed by atoms with E-state index >= 15 is 0 Å². The van der Waals surface area contributed by atoms with Gasteiger partial charge in [0, 0.05) is 16.8 Å². The van der Waals surface area contributed by atoms with E-state index in [2.05, 4.69) is 38.3 Å². The van der Waals surface area contributed by atoms with E-state index in [1.807, 2.05) is 12.1 Å². The number of hydrogen-bond acceptors (Lipinski definition) is 5. The number of ether oxygens (including phenoxy) is 1. The molecule has 108 valence electrons. The molecule has 0 aromatic heterocycles. The molecule has 4 nitrogen and oxygen atoms in total. The van der Waals surface area contributed by atoms with Gasteiger partial charge in [0.15, 0.2) is 5.17 Å². The first-order chi connectivity index (χ1) is 9.74. The van der Waals surface area contributed by atoms with Crippen molar-refractivity contribution in [3.05, 3.63) is 34.3 Å². The van der Waals surface area contributed by atoms with Crippen LogP contribution in [0.2, 0.25) is 0 Å². The minimum Gasteiger partial charge on any atom is -0.377 e. The summed E-state index contributed by atoms with van der Waals surface area (Å²) < 4.78 is 6.75. The Balaban J connectivity index is 1.55. The molecule has 1 heterocycles. The van der Waals surface area contributed by atoms with Crippen LogP contribution >= 0.6 is 27.7 Å². The molecule has 0 spiro atoms. The Hall–Kier alpha value is -0.850. The fourth-order valence-electron chi connectivity index (χ4n) is 1.76. The third kappa shape index (κ3) is 5.64. The molecule has 0 saturated heterocycles. The Morgan fingerprint density at radius 2 is 2.00 bits per heavy atom. The summed E-state index contributed by atoms with van der Waals surface area (Å²) in [5, 5.41) is 8.54. The van der Waals surface area contributed by atoms with Gasteiger partial charge >= 0.3 is 0 Å². The first kappa shape index (κ1) is 15.5. The number of hydrogen-bond donors (Lipinski definition) is 1. The number of nitrogens with two attached hydrogens (primary N) is 1. The van der Waals surface area contributed by atoms with Gasteiger partial charge in [0.1, 0.15) is 0 Å². The third-order valence-corrected chi connectivity index (χ3v) is 4.25. The number of benzene rings is 1. The van der Waals surface area contributed by atoms with Crippen molar-refractivity contribution in [2.75, 3.05) is 12.4 Å². The number of thioether (sulfide) groups is 1. The topological polar surface area (TPSA) is 60.0 Å². The molecule has 1 aliphatic heterocycles. The fraction of sp³-hybridized carbons (Fsp3) is 0.429.